The van der Waals surface area contributed by atoms with Crippen LogP contribution in [0.1, 0.15) is 0 Å². The van der Waals surface area contributed by atoms with Gasteiger partial charge in [0.2, 0.25) is 0 Å². The van der Waals surface area contributed by atoms with Crippen LogP contribution in [-0.4, -0.2) is 29.9 Å². The molecule has 1 aliphatic rings. The molecule has 0 aromatic rings. The summed E-state index contributed by atoms with van der Waals surface area (Å²) in [6, 6.07) is 0. The summed E-state index contributed by atoms with van der Waals surface area (Å²) in [7, 11) is 1.33. The van der Waals surface area contributed by atoms with E-state index in [0.29, 0.717) is 0 Å². The van der Waals surface area contributed by atoms with Crippen LogP contribution in [-0.2, 0) is 9.53 Å². The first-order chi connectivity index (χ1) is 5.65. The van der Waals surface area contributed by atoms with Gasteiger partial charge in [-0.2, -0.15) is 0 Å². The fourth-order valence-corrected chi connectivity index (χ4v) is 0.751. The molecule has 0 bridgehead atoms. The van der Waals surface area contributed by atoms with Gasteiger partial charge >= 0.3 is 11.7 Å². The molecular weight excluding hydrogens is 164 g/mol. The first-order valence-electron chi connectivity index (χ1n) is 3.13. The van der Waals surface area contributed by atoms with E-state index in [4.69, 9.17) is 0 Å². The number of aliphatic imine (C=N–C) groups is 1. The molecule has 0 aromatic carbocycles. The molecule has 1 amide bonds. The zero-order valence-electron chi connectivity index (χ0n) is 6.26. The van der Waals surface area contributed by atoms with Crippen molar-refractivity contribution in [3.63, 3.8) is 0 Å². The van der Waals surface area contributed by atoms with E-state index in [1.807, 2.05) is 0 Å². The van der Waals surface area contributed by atoms with Gasteiger partial charge in [-0.15, -0.1) is 0 Å². The first kappa shape index (κ1) is 8.54. The van der Waals surface area contributed by atoms with Gasteiger partial charge in [0.05, 0.1) is 0 Å². The Kier molecular flexibility index (Phi) is 2.29. The second-order valence-corrected chi connectivity index (χ2v) is 2.08. The summed E-state index contributed by atoms with van der Waals surface area (Å²) < 4.78 is 4.67. The molecule has 1 unspecified atom stereocenters. The normalized spacial score (nSPS) is 22.2. The maximum absolute atomic E-state index is 10.9. The number of amidine groups is 1. The molecule has 0 fully saturated rings. The fraction of sp³-hybridized carbons (Fsp3) is 0.333. The maximum Gasteiger partial charge on any atom is 0.384 e. The van der Waals surface area contributed by atoms with Gasteiger partial charge in [-0.3, -0.25) is 0 Å². The predicted molar refractivity (Wildman–Crippen MR) is 39.4 cm³/mol. The second kappa shape index (κ2) is 3.22. The van der Waals surface area contributed by atoms with Crippen molar-refractivity contribution >= 4 is 11.7 Å². The Bertz CT molecular complexity index is 281. The number of hydrogen-bond donors (Lipinski definition) is 0. The van der Waals surface area contributed by atoms with E-state index in [1.54, 1.807) is 0 Å². The monoisotopic (exact) mass is 170 g/mol. The molecule has 0 aliphatic carbocycles. The van der Waals surface area contributed by atoms with Gasteiger partial charge in [-0.1, -0.05) is 0 Å². The molecule has 6 nitrogen and oxygen atoms in total. The highest BCUT2D eigenvalue weighted by Crippen LogP contribution is 2.03. The summed E-state index contributed by atoms with van der Waals surface area (Å²) in [5, 5.41) is 10.1. The lowest BCUT2D eigenvalue weighted by molar-refractivity contribution is -0.348. The Balaban J connectivity index is 2.83. The van der Waals surface area contributed by atoms with Crippen LogP contribution in [0.25, 0.3) is 0 Å². The topological polar surface area (TPSA) is 81.8 Å². The molecule has 1 atom stereocenters. The van der Waals surface area contributed by atoms with Gasteiger partial charge in [0.1, 0.15) is 0 Å². The van der Waals surface area contributed by atoms with Crippen LogP contribution in [0.2, 0.25) is 0 Å². The van der Waals surface area contributed by atoms with Crippen molar-refractivity contribution in [3.05, 3.63) is 22.3 Å². The number of ether oxygens (including phenoxy) is 1. The van der Waals surface area contributed by atoms with Gasteiger partial charge in [-0.05, 0) is 11.0 Å². The lowest BCUT2D eigenvalue weighted by atomic mass is 10.2. The van der Waals surface area contributed by atoms with Crippen LogP contribution in [0, 0.1) is 10.1 Å². The smallest absolute Gasteiger partial charge is 0.365 e. The molecule has 0 radical (unpaired) electrons. The molecule has 1 aliphatic heterocycles. The van der Waals surface area contributed by atoms with E-state index in [9.17, 15) is 14.9 Å². The highest BCUT2D eigenvalue weighted by Gasteiger charge is 2.27. The summed E-state index contributed by atoms with van der Waals surface area (Å²) >= 11 is 0. The summed E-state index contributed by atoms with van der Waals surface area (Å²) in [5.74, 6) is -1.10. The van der Waals surface area contributed by atoms with E-state index in [0.717, 1.165) is 6.08 Å². The Morgan fingerprint density at radius 1 is 1.75 bits per heavy atom. The third-order valence-electron chi connectivity index (χ3n) is 1.33. The summed E-state index contributed by atoms with van der Waals surface area (Å²) in [6.07, 6.45) is 1.66. The average molecular weight is 170 g/mol. The number of rotatable bonds is 1. The summed E-state index contributed by atoms with van der Waals surface area (Å²) in [5.41, 5.74) is 0. The van der Waals surface area contributed by atoms with Crippen molar-refractivity contribution < 1.29 is 14.5 Å². The van der Waals surface area contributed by atoms with Gasteiger partial charge in [0, 0.05) is 18.2 Å². The number of nitrogens with zero attached hydrogens (tertiary/aromatic N) is 2. The van der Waals surface area contributed by atoms with Crippen LogP contribution in [0.5, 0.6) is 0 Å². The lowest BCUT2D eigenvalue weighted by Gasteiger charge is -2.05. The van der Waals surface area contributed by atoms with Gasteiger partial charge in [0.25, 0.3) is 0 Å². The fourth-order valence-electron chi connectivity index (χ4n) is 0.751. The Hall–Kier alpha value is -1.56. The lowest BCUT2D eigenvalue weighted by Crippen LogP contribution is -2.26. The van der Waals surface area contributed by atoms with Crippen molar-refractivity contribution in [1.82, 2.24) is 0 Å². The molecule has 0 saturated heterocycles. The van der Waals surface area contributed by atoms with Crippen molar-refractivity contribution in [2.75, 3.05) is 7.11 Å². The summed E-state index contributed by atoms with van der Waals surface area (Å²) in [6.45, 7) is 0. The molecule has 0 saturated carbocycles. The zero-order chi connectivity index (χ0) is 9.14. The van der Waals surface area contributed by atoms with Crippen LogP contribution in [0.15, 0.2) is 17.1 Å². The van der Waals surface area contributed by atoms with Crippen molar-refractivity contribution in [3.8, 4) is 0 Å². The third kappa shape index (κ3) is 1.54. The second-order valence-electron chi connectivity index (χ2n) is 2.08. The Morgan fingerprint density at radius 2 is 2.42 bits per heavy atom. The number of methoxy groups -OCH3 is 1. The molecular formula is C6H6N2O4. The van der Waals surface area contributed by atoms with E-state index in [1.165, 1.54) is 13.2 Å². The van der Waals surface area contributed by atoms with Crippen LogP contribution in [0.4, 0.5) is 0 Å². The number of hydrogen-bond acceptors (Lipinski definition) is 4. The standard InChI is InChI=1S/C6H6N2O4/c1-12-4-2-3-5(8(10)11)7-6(4)9/h2-4H,1H3. The van der Waals surface area contributed by atoms with Crippen LogP contribution >= 0.6 is 0 Å². The number of carbonyl (C=O) groups excluding carboxylic acids is 1. The quantitative estimate of drug-likeness (QED) is 0.402. The molecule has 12 heavy (non-hydrogen) atoms. The maximum atomic E-state index is 10.9. The number of dihydropyridines is 1. The predicted octanol–water partition coefficient (Wildman–Crippen LogP) is -0.227. The molecule has 6 heteroatoms. The Labute approximate surface area is 67.7 Å². The van der Waals surface area contributed by atoms with Crippen molar-refractivity contribution in [2.45, 2.75) is 6.10 Å². The van der Waals surface area contributed by atoms with Crippen molar-refractivity contribution in [1.29, 1.82) is 0 Å². The molecule has 0 N–H and O–H groups in total. The zero-order valence-corrected chi connectivity index (χ0v) is 6.26. The minimum atomic E-state index is -0.784. The minimum Gasteiger partial charge on any atom is -0.365 e. The van der Waals surface area contributed by atoms with E-state index < -0.39 is 22.8 Å². The van der Waals surface area contributed by atoms with Gasteiger partial charge in [-0.25, -0.2) is 4.79 Å². The van der Waals surface area contributed by atoms with Crippen LogP contribution in [0.3, 0.4) is 0 Å². The summed E-state index contributed by atoms with van der Waals surface area (Å²) in [4.78, 5) is 23.5. The molecule has 64 valence electrons. The third-order valence-corrected chi connectivity index (χ3v) is 1.33. The van der Waals surface area contributed by atoms with Gasteiger partial charge < -0.3 is 14.9 Å². The minimum absolute atomic E-state index is 0.451. The number of carbonyl (C=O) groups is 1. The molecule has 0 aromatic heterocycles. The van der Waals surface area contributed by atoms with E-state index in [2.05, 4.69) is 9.73 Å². The van der Waals surface area contributed by atoms with Crippen LogP contribution < -0.4 is 0 Å². The van der Waals surface area contributed by atoms with Crippen molar-refractivity contribution in [2.24, 2.45) is 4.99 Å². The molecule has 1 heterocycles. The Morgan fingerprint density at radius 3 is 2.83 bits per heavy atom. The highest BCUT2D eigenvalue weighted by atomic mass is 16.6. The molecule has 0 spiro atoms. The SMILES string of the molecule is COC1C=CC([N+](=O)[O-])=NC1=O. The number of amides is 1. The van der Waals surface area contributed by atoms with E-state index >= 15 is 0 Å². The number of nitro groups is 1. The largest absolute Gasteiger partial charge is 0.384 e. The molecule has 1 rings (SSSR count). The average Bonchev–Trinajstić information content (AvgIpc) is 2.04. The van der Waals surface area contributed by atoms with Gasteiger partial charge in [0.15, 0.2) is 6.10 Å². The highest BCUT2D eigenvalue weighted by molar-refractivity contribution is 6.01. The first-order valence-corrected chi connectivity index (χ1v) is 3.13. The van der Waals surface area contributed by atoms with E-state index in [-0.39, 0.29) is 0 Å².